The molecule has 2 aromatic rings. The maximum atomic E-state index is 13.5. The normalized spacial score (nSPS) is 10.3. The fourth-order valence-electron chi connectivity index (χ4n) is 1.72. The van der Waals surface area contributed by atoms with Gasteiger partial charge in [-0.3, -0.25) is 14.9 Å². The van der Waals surface area contributed by atoms with Crippen LogP contribution < -0.4 is 0 Å². The van der Waals surface area contributed by atoms with Gasteiger partial charge in [-0.15, -0.1) is 0 Å². The van der Waals surface area contributed by atoms with Gasteiger partial charge in [-0.25, -0.2) is 0 Å². The summed E-state index contributed by atoms with van der Waals surface area (Å²) >= 11 is 0. The molecule has 0 spiro atoms. The van der Waals surface area contributed by atoms with Gasteiger partial charge in [0.05, 0.1) is 17.7 Å². The molecular weight excluding hydrogens is 267 g/mol. The largest absolute Gasteiger partial charge is 0.467 e. The van der Waals surface area contributed by atoms with Crippen LogP contribution in [0.25, 0.3) is 0 Å². The molecule has 20 heavy (non-hydrogen) atoms. The van der Waals surface area contributed by atoms with Crippen LogP contribution >= 0.6 is 0 Å². The van der Waals surface area contributed by atoms with E-state index in [0.29, 0.717) is 5.76 Å². The van der Waals surface area contributed by atoms with Gasteiger partial charge in [0.25, 0.3) is 5.91 Å². The third kappa shape index (κ3) is 2.82. The summed E-state index contributed by atoms with van der Waals surface area (Å²) in [6, 6.07) is 6.46. The molecule has 7 heteroatoms. The van der Waals surface area contributed by atoms with Gasteiger partial charge in [0.1, 0.15) is 5.76 Å². The maximum Gasteiger partial charge on any atom is 0.304 e. The summed E-state index contributed by atoms with van der Waals surface area (Å²) in [7, 11) is 1.53. The number of nitro benzene ring substituents is 1. The Bertz CT molecular complexity index is 640. The number of nitro groups is 1. The van der Waals surface area contributed by atoms with E-state index in [1.54, 1.807) is 12.1 Å². The van der Waals surface area contributed by atoms with Crippen LogP contribution in [0, 0.1) is 15.9 Å². The van der Waals surface area contributed by atoms with E-state index in [4.69, 9.17) is 4.42 Å². The van der Waals surface area contributed by atoms with E-state index in [2.05, 4.69) is 0 Å². The zero-order valence-electron chi connectivity index (χ0n) is 10.6. The highest BCUT2D eigenvalue weighted by Crippen LogP contribution is 2.19. The number of benzene rings is 1. The van der Waals surface area contributed by atoms with Crippen molar-refractivity contribution in [2.75, 3.05) is 7.05 Å². The minimum atomic E-state index is -1.03. The fraction of sp³-hybridized carbons (Fsp3) is 0.154. The van der Waals surface area contributed by atoms with Crippen molar-refractivity contribution in [1.82, 2.24) is 4.90 Å². The minimum Gasteiger partial charge on any atom is -0.467 e. The quantitative estimate of drug-likeness (QED) is 0.636. The Morgan fingerprint density at radius 2 is 2.20 bits per heavy atom. The first-order valence-corrected chi connectivity index (χ1v) is 5.71. The van der Waals surface area contributed by atoms with Crippen LogP contribution in [0.15, 0.2) is 41.0 Å². The van der Waals surface area contributed by atoms with Crippen molar-refractivity contribution < 1.29 is 18.5 Å². The molecule has 1 amide bonds. The smallest absolute Gasteiger partial charge is 0.304 e. The minimum absolute atomic E-state index is 0.0437. The molecule has 0 atom stereocenters. The topological polar surface area (TPSA) is 76.6 Å². The molecule has 0 saturated heterocycles. The van der Waals surface area contributed by atoms with Crippen molar-refractivity contribution in [1.29, 1.82) is 0 Å². The molecule has 0 fully saturated rings. The fourth-order valence-corrected chi connectivity index (χ4v) is 1.72. The molecule has 0 radical (unpaired) electrons. The van der Waals surface area contributed by atoms with Gasteiger partial charge in [-0.05, 0) is 24.3 Å². The van der Waals surface area contributed by atoms with E-state index in [9.17, 15) is 19.3 Å². The summed E-state index contributed by atoms with van der Waals surface area (Å²) in [6.45, 7) is 0.227. The van der Waals surface area contributed by atoms with E-state index in [1.807, 2.05) is 0 Å². The maximum absolute atomic E-state index is 13.5. The third-order valence-corrected chi connectivity index (χ3v) is 2.71. The van der Waals surface area contributed by atoms with Crippen LogP contribution in [0.5, 0.6) is 0 Å². The van der Waals surface area contributed by atoms with E-state index >= 15 is 0 Å². The molecule has 1 heterocycles. The Morgan fingerprint density at radius 3 is 2.75 bits per heavy atom. The molecule has 0 unspecified atom stereocenters. The van der Waals surface area contributed by atoms with Gasteiger partial charge in [-0.1, -0.05) is 0 Å². The van der Waals surface area contributed by atoms with Crippen LogP contribution in [0.4, 0.5) is 10.1 Å². The predicted molar refractivity (Wildman–Crippen MR) is 67.6 cm³/mol. The summed E-state index contributed by atoms with van der Waals surface area (Å²) in [6.07, 6.45) is 1.49. The molecule has 0 bridgehead atoms. The number of nitrogens with zero attached hydrogens (tertiary/aromatic N) is 2. The van der Waals surface area contributed by atoms with Crippen molar-refractivity contribution in [3.05, 3.63) is 63.9 Å². The zero-order chi connectivity index (χ0) is 14.7. The Balaban J connectivity index is 2.16. The molecule has 0 aliphatic heterocycles. The van der Waals surface area contributed by atoms with Gasteiger partial charge in [0.2, 0.25) is 5.82 Å². The number of amides is 1. The highest BCUT2D eigenvalue weighted by atomic mass is 19.1. The van der Waals surface area contributed by atoms with Crippen LogP contribution in [0.2, 0.25) is 0 Å². The van der Waals surface area contributed by atoms with Crippen molar-refractivity contribution in [3.8, 4) is 0 Å². The molecule has 2 rings (SSSR count). The highest BCUT2D eigenvalue weighted by molar-refractivity contribution is 5.94. The number of hydrogen-bond donors (Lipinski definition) is 0. The summed E-state index contributed by atoms with van der Waals surface area (Å²) in [5.74, 6) is -0.898. The molecule has 1 aromatic heterocycles. The van der Waals surface area contributed by atoms with E-state index in [1.165, 1.54) is 24.3 Å². The molecule has 0 aliphatic carbocycles. The van der Waals surface area contributed by atoms with Crippen LogP contribution in [0.3, 0.4) is 0 Å². The highest BCUT2D eigenvalue weighted by Gasteiger charge is 2.19. The van der Waals surface area contributed by atoms with Crippen molar-refractivity contribution >= 4 is 11.6 Å². The molecule has 0 N–H and O–H groups in total. The zero-order valence-corrected chi connectivity index (χ0v) is 10.6. The number of carbonyl (C=O) groups excluding carboxylic acids is 1. The Kier molecular flexibility index (Phi) is 3.79. The van der Waals surface area contributed by atoms with Gasteiger partial charge in [-0.2, -0.15) is 4.39 Å². The summed E-state index contributed by atoms with van der Waals surface area (Å²) in [5, 5.41) is 10.5. The Labute approximate surface area is 113 Å². The lowest BCUT2D eigenvalue weighted by Crippen LogP contribution is -2.26. The molecule has 6 nitrogen and oxygen atoms in total. The first-order chi connectivity index (χ1) is 9.49. The van der Waals surface area contributed by atoms with Gasteiger partial charge >= 0.3 is 5.69 Å². The number of halogens is 1. The van der Waals surface area contributed by atoms with Crippen molar-refractivity contribution in [3.63, 3.8) is 0 Å². The molecule has 0 saturated carbocycles. The summed E-state index contributed by atoms with van der Waals surface area (Å²) in [5.41, 5.74) is -0.614. The standard InChI is InChI=1S/C13H11FN2O4/c1-15(8-10-3-2-6-20-10)13(17)9-4-5-12(16(18)19)11(14)7-9/h2-7H,8H2,1H3. The van der Waals surface area contributed by atoms with E-state index in [0.717, 1.165) is 12.1 Å². The second-order valence-corrected chi connectivity index (χ2v) is 4.16. The second-order valence-electron chi connectivity index (χ2n) is 4.16. The molecule has 1 aromatic carbocycles. The van der Waals surface area contributed by atoms with Crippen LogP contribution in [-0.4, -0.2) is 22.8 Å². The monoisotopic (exact) mass is 278 g/mol. The first-order valence-electron chi connectivity index (χ1n) is 5.71. The van der Waals surface area contributed by atoms with E-state index < -0.39 is 22.3 Å². The van der Waals surface area contributed by atoms with Gasteiger partial charge < -0.3 is 9.32 Å². The SMILES string of the molecule is CN(Cc1ccco1)C(=O)c1ccc([N+](=O)[O-])c(F)c1. The number of hydrogen-bond acceptors (Lipinski definition) is 4. The number of furan rings is 1. The number of rotatable bonds is 4. The van der Waals surface area contributed by atoms with Gasteiger partial charge in [0.15, 0.2) is 0 Å². The van der Waals surface area contributed by atoms with Crippen molar-refractivity contribution in [2.45, 2.75) is 6.54 Å². The lowest BCUT2D eigenvalue weighted by atomic mass is 10.1. The predicted octanol–water partition coefficient (Wildman–Crippen LogP) is 2.60. The lowest BCUT2D eigenvalue weighted by molar-refractivity contribution is -0.387. The number of carbonyl (C=O) groups is 1. The average molecular weight is 278 g/mol. The summed E-state index contributed by atoms with van der Waals surface area (Å²) in [4.78, 5) is 23.1. The Hall–Kier alpha value is -2.70. The van der Waals surface area contributed by atoms with Crippen LogP contribution in [-0.2, 0) is 6.54 Å². The van der Waals surface area contributed by atoms with Crippen LogP contribution in [0.1, 0.15) is 16.1 Å². The lowest BCUT2D eigenvalue weighted by Gasteiger charge is -2.15. The average Bonchev–Trinajstić information content (AvgIpc) is 2.90. The van der Waals surface area contributed by atoms with Gasteiger partial charge in [0, 0.05) is 18.7 Å². The Morgan fingerprint density at radius 1 is 1.45 bits per heavy atom. The molecule has 0 aliphatic rings. The third-order valence-electron chi connectivity index (χ3n) is 2.71. The van der Waals surface area contributed by atoms with Crippen molar-refractivity contribution in [2.24, 2.45) is 0 Å². The first kappa shape index (κ1) is 13.7. The van der Waals surface area contributed by atoms with E-state index in [-0.39, 0.29) is 12.1 Å². The second kappa shape index (κ2) is 5.52. The summed E-state index contributed by atoms with van der Waals surface area (Å²) < 4.78 is 18.6. The molecular formula is C13H11FN2O4. The molecule has 104 valence electrons.